The molecular formula is C52H35ClN2. The molecule has 0 spiro atoms. The molecular weight excluding hydrogens is 688 g/mol. The first-order valence-corrected chi connectivity index (χ1v) is 19.0. The van der Waals surface area contributed by atoms with Crippen LogP contribution in [0.5, 0.6) is 0 Å². The molecule has 0 aliphatic heterocycles. The van der Waals surface area contributed by atoms with E-state index in [1.165, 1.54) is 43.8 Å². The van der Waals surface area contributed by atoms with Gasteiger partial charge in [0, 0.05) is 38.5 Å². The molecule has 55 heavy (non-hydrogen) atoms. The van der Waals surface area contributed by atoms with Crippen molar-refractivity contribution in [2.45, 2.75) is 0 Å². The molecule has 0 saturated heterocycles. The van der Waals surface area contributed by atoms with Crippen molar-refractivity contribution in [3.63, 3.8) is 0 Å². The molecule has 0 fully saturated rings. The van der Waals surface area contributed by atoms with Crippen LogP contribution in [0.3, 0.4) is 0 Å². The Labute approximate surface area is 325 Å². The van der Waals surface area contributed by atoms with Crippen LogP contribution < -0.4 is 4.90 Å². The molecule has 0 atom stereocenters. The number of aromatic nitrogens is 1. The third-order valence-electron chi connectivity index (χ3n) is 10.6. The van der Waals surface area contributed by atoms with E-state index in [-0.39, 0.29) is 0 Å². The predicted octanol–water partition coefficient (Wildman–Crippen LogP) is 15.1. The van der Waals surface area contributed by atoms with Gasteiger partial charge in [0.2, 0.25) is 0 Å². The van der Waals surface area contributed by atoms with Crippen LogP contribution in [0.15, 0.2) is 212 Å². The monoisotopic (exact) mass is 722 g/mol. The summed E-state index contributed by atoms with van der Waals surface area (Å²) in [6, 6.07) is 75.6. The van der Waals surface area contributed by atoms with Gasteiger partial charge < -0.3 is 9.47 Å². The summed E-state index contributed by atoms with van der Waals surface area (Å²) in [5.41, 5.74) is 13.4. The van der Waals surface area contributed by atoms with Gasteiger partial charge in [-0.15, -0.1) is 0 Å². The highest BCUT2D eigenvalue weighted by Crippen LogP contribution is 2.42. The zero-order chi connectivity index (χ0) is 36.7. The van der Waals surface area contributed by atoms with Crippen molar-refractivity contribution in [3.05, 3.63) is 217 Å². The highest BCUT2D eigenvalue weighted by atomic mass is 35.5. The highest BCUT2D eigenvalue weighted by molar-refractivity contribution is 6.31. The standard InChI is InChI=1S/C52H35ClN2/c53-43-31-42(41-25-29-49-51(34-41)55(44-19-8-3-9-20-44)50-30-26-39-17-10-11-22-48(39)52(49)50)33-47(35-43)54(45-27-23-38(24-28-45)36-13-4-1-5-14-36)46-21-12-18-40(32-46)37-15-6-2-7-16-37/h1-35H. The predicted molar refractivity (Wildman–Crippen MR) is 234 cm³/mol. The molecule has 1 aromatic heterocycles. The van der Waals surface area contributed by atoms with Gasteiger partial charge in [0.1, 0.15) is 0 Å². The molecule has 0 aliphatic carbocycles. The van der Waals surface area contributed by atoms with Crippen molar-refractivity contribution in [2.24, 2.45) is 0 Å². The van der Waals surface area contributed by atoms with E-state index in [2.05, 4.69) is 222 Å². The molecule has 9 aromatic carbocycles. The largest absolute Gasteiger partial charge is 0.310 e. The average molecular weight is 723 g/mol. The van der Waals surface area contributed by atoms with Crippen LogP contribution in [0.4, 0.5) is 17.1 Å². The van der Waals surface area contributed by atoms with Crippen LogP contribution in [0.1, 0.15) is 0 Å². The second kappa shape index (κ2) is 13.8. The molecule has 0 bridgehead atoms. The molecule has 3 heteroatoms. The van der Waals surface area contributed by atoms with Gasteiger partial charge in [-0.1, -0.05) is 157 Å². The van der Waals surface area contributed by atoms with Gasteiger partial charge in [0.15, 0.2) is 0 Å². The molecule has 10 aromatic rings. The van der Waals surface area contributed by atoms with Crippen LogP contribution in [0.2, 0.25) is 5.02 Å². The highest BCUT2D eigenvalue weighted by Gasteiger charge is 2.19. The molecule has 2 nitrogen and oxygen atoms in total. The van der Waals surface area contributed by atoms with Crippen molar-refractivity contribution in [1.29, 1.82) is 0 Å². The molecule has 0 aliphatic rings. The van der Waals surface area contributed by atoms with Gasteiger partial charge in [-0.05, 0) is 111 Å². The topological polar surface area (TPSA) is 8.17 Å². The van der Waals surface area contributed by atoms with Crippen LogP contribution in [0, 0.1) is 0 Å². The fraction of sp³-hybridized carbons (Fsp3) is 0. The lowest BCUT2D eigenvalue weighted by molar-refractivity contribution is 1.18. The van der Waals surface area contributed by atoms with Crippen molar-refractivity contribution < 1.29 is 0 Å². The van der Waals surface area contributed by atoms with Crippen molar-refractivity contribution in [3.8, 4) is 39.1 Å². The van der Waals surface area contributed by atoms with Crippen molar-refractivity contribution in [1.82, 2.24) is 4.57 Å². The summed E-state index contributed by atoms with van der Waals surface area (Å²) < 4.78 is 2.39. The third-order valence-corrected chi connectivity index (χ3v) is 10.8. The summed E-state index contributed by atoms with van der Waals surface area (Å²) in [6.07, 6.45) is 0. The molecule has 0 saturated carbocycles. The number of para-hydroxylation sites is 1. The smallest absolute Gasteiger partial charge is 0.0547 e. The third kappa shape index (κ3) is 6.03. The quantitative estimate of drug-likeness (QED) is 0.159. The maximum atomic E-state index is 7.09. The Morgan fingerprint density at radius 1 is 0.345 bits per heavy atom. The Morgan fingerprint density at radius 2 is 0.945 bits per heavy atom. The lowest BCUT2D eigenvalue weighted by Gasteiger charge is -2.27. The molecule has 0 unspecified atom stereocenters. The fourth-order valence-electron chi connectivity index (χ4n) is 8.03. The summed E-state index contributed by atoms with van der Waals surface area (Å²) in [4.78, 5) is 2.31. The van der Waals surface area contributed by atoms with Gasteiger partial charge in [-0.3, -0.25) is 0 Å². The molecule has 1 heterocycles. The van der Waals surface area contributed by atoms with E-state index < -0.39 is 0 Å². The van der Waals surface area contributed by atoms with E-state index in [1.54, 1.807) is 0 Å². The van der Waals surface area contributed by atoms with E-state index in [1.807, 2.05) is 0 Å². The number of nitrogens with zero attached hydrogens (tertiary/aromatic N) is 2. The SMILES string of the molecule is Clc1cc(-c2ccc3c4c5ccccc5ccc4n(-c4ccccc4)c3c2)cc(N(c2ccc(-c3ccccc3)cc2)c2cccc(-c3ccccc3)c2)c1. The van der Waals surface area contributed by atoms with Gasteiger partial charge in [-0.25, -0.2) is 0 Å². The number of hydrogen-bond acceptors (Lipinski definition) is 1. The minimum Gasteiger partial charge on any atom is -0.310 e. The normalized spacial score (nSPS) is 11.4. The average Bonchev–Trinajstić information content (AvgIpc) is 3.59. The second-order valence-corrected chi connectivity index (χ2v) is 14.4. The summed E-state index contributed by atoms with van der Waals surface area (Å²) >= 11 is 7.09. The number of halogens is 1. The number of fused-ring (bicyclic) bond motifs is 5. The number of anilines is 3. The van der Waals surface area contributed by atoms with Crippen LogP contribution >= 0.6 is 11.6 Å². The van der Waals surface area contributed by atoms with E-state index >= 15 is 0 Å². The van der Waals surface area contributed by atoms with Gasteiger partial charge >= 0.3 is 0 Å². The lowest BCUT2D eigenvalue weighted by atomic mass is 10.00. The molecule has 10 rings (SSSR count). The number of benzene rings is 9. The molecule has 260 valence electrons. The molecule has 0 amide bonds. The minimum atomic E-state index is 0.673. The maximum absolute atomic E-state index is 7.09. The zero-order valence-electron chi connectivity index (χ0n) is 30.0. The summed E-state index contributed by atoms with van der Waals surface area (Å²) in [5.74, 6) is 0. The lowest BCUT2D eigenvalue weighted by Crippen LogP contribution is -2.10. The van der Waals surface area contributed by atoms with E-state index in [4.69, 9.17) is 11.6 Å². The van der Waals surface area contributed by atoms with E-state index in [0.29, 0.717) is 5.02 Å². The van der Waals surface area contributed by atoms with Crippen molar-refractivity contribution in [2.75, 3.05) is 4.90 Å². The van der Waals surface area contributed by atoms with Crippen LogP contribution in [-0.4, -0.2) is 4.57 Å². The fourth-order valence-corrected chi connectivity index (χ4v) is 8.26. The zero-order valence-corrected chi connectivity index (χ0v) is 30.7. The van der Waals surface area contributed by atoms with E-state index in [9.17, 15) is 0 Å². The first-order valence-electron chi connectivity index (χ1n) is 18.6. The van der Waals surface area contributed by atoms with Crippen molar-refractivity contribution >= 4 is 61.2 Å². The summed E-state index contributed by atoms with van der Waals surface area (Å²) in [6.45, 7) is 0. The second-order valence-electron chi connectivity index (χ2n) is 13.9. The summed E-state index contributed by atoms with van der Waals surface area (Å²) in [5, 5.41) is 5.65. The molecule has 0 radical (unpaired) electrons. The Kier molecular flexibility index (Phi) is 8.24. The Bertz CT molecular complexity index is 2970. The first kappa shape index (κ1) is 32.8. The number of rotatable bonds is 7. The number of hydrogen-bond donors (Lipinski definition) is 0. The van der Waals surface area contributed by atoms with Gasteiger partial charge in [-0.2, -0.15) is 0 Å². The van der Waals surface area contributed by atoms with E-state index in [0.717, 1.165) is 45.0 Å². The Morgan fingerprint density at radius 3 is 1.71 bits per heavy atom. The minimum absolute atomic E-state index is 0.673. The Balaban J connectivity index is 1.15. The molecule has 0 N–H and O–H groups in total. The van der Waals surface area contributed by atoms with Crippen LogP contribution in [-0.2, 0) is 0 Å². The van der Waals surface area contributed by atoms with Gasteiger partial charge in [0.05, 0.1) is 11.0 Å². The first-order chi connectivity index (χ1) is 27.2. The maximum Gasteiger partial charge on any atom is 0.0547 e. The Hall–Kier alpha value is -6.87. The van der Waals surface area contributed by atoms with Crippen LogP contribution in [0.25, 0.3) is 71.6 Å². The summed E-state index contributed by atoms with van der Waals surface area (Å²) in [7, 11) is 0. The van der Waals surface area contributed by atoms with Gasteiger partial charge in [0.25, 0.3) is 0 Å².